The van der Waals surface area contributed by atoms with E-state index in [-0.39, 0.29) is 5.56 Å². The average Bonchev–Trinajstić information content (AvgIpc) is 2.74. The van der Waals surface area contributed by atoms with E-state index in [1.54, 1.807) is 31.4 Å². The third kappa shape index (κ3) is 5.85. The maximum absolute atomic E-state index is 14.6. The number of hydrogen-bond donors (Lipinski definition) is 0. The Labute approximate surface area is 179 Å². The summed E-state index contributed by atoms with van der Waals surface area (Å²) in [7, 11) is 1.59. The minimum absolute atomic E-state index is 0.165. The van der Waals surface area contributed by atoms with Gasteiger partial charge in [0.05, 0.1) is 12.7 Å². The number of hydrogen-bond acceptors (Lipinski definition) is 1. The Balaban J connectivity index is 1.65. The summed E-state index contributed by atoms with van der Waals surface area (Å²) in [5, 5.41) is 0. The molecular formula is C27H32F2O. The monoisotopic (exact) mass is 410 g/mol. The molecule has 0 N–H and O–H groups in total. The van der Waals surface area contributed by atoms with Crippen LogP contribution in [0.4, 0.5) is 8.78 Å². The molecule has 0 bridgehead atoms. The zero-order chi connectivity index (χ0) is 21.5. The summed E-state index contributed by atoms with van der Waals surface area (Å²) in [6, 6.07) is 10.0. The molecule has 160 valence electrons. The zero-order valence-corrected chi connectivity index (χ0v) is 18.3. The number of rotatable bonds is 6. The molecule has 1 aliphatic carbocycles. The summed E-state index contributed by atoms with van der Waals surface area (Å²) in [5.74, 6) is 7.01. The van der Waals surface area contributed by atoms with Crippen molar-refractivity contribution in [3.8, 4) is 17.6 Å². The third-order valence-electron chi connectivity index (χ3n) is 6.47. The lowest BCUT2D eigenvalue weighted by Crippen LogP contribution is -2.21. The highest BCUT2D eigenvalue weighted by Crippen LogP contribution is 2.36. The number of halogens is 2. The summed E-state index contributed by atoms with van der Waals surface area (Å²) < 4.78 is 34.3. The highest BCUT2D eigenvalue weighted by atomic mass is 19.1. The summed E-state index contributed by atoms with van der Waals surface area (Å²) in [5.41, 5.74) is 1.25. The molecule has 1 aliphatic rings. The van der Waals surface area contributed by atoms with Crippen LogP contribution in [0.5, 0.6) is 5.75 Å². The van der Waals surface area contributed by atoms with Gasteiger partial charge < -0.3 is 4.74 Å². The van der Waals surface area contributed by atoms with Crippen molar-refractivity contribution in [1.82, 2.24) is 0 Å². The molecule has 0 spiro atoms. The second-order valence-corrected chi connectivity index (χ2v) is 8.66. The van der Waals surface area contributed by atoms with Crippen molar-refractivity contribution in [3.05, 3.63) is 64.7 Å². The standard InChI is InChI=1S/C27H32F2O/c1-4-5-20-6-11-23(12-7-20)19(2)16-22-17-26(28)25(27(29)18-22)15-10-21-8-13-24(30-3)14-9-21/h8-9,13-14,17-20,23H,4-7,11-12,16H2,1-3H3. The lowest BCUT2D eigenvalue weighted by Gasteiger charge is -2.32. The largest absolute Gasteiger partial charge is 0.497 e. The molecule has 0 aliphatic heterocycles. The van der Waals surface area contributed by atoms with E-state index in [2.05, 4.69) is 25.7 Å². The van der Waals surface area contributed by atoms with Gasteiger partial charge in [-0.3, -0.25) is 0 Å². The van der Waals surface area contributed by atoms with E-state index in [0.717, 1.165) is 17.2 Å². The van der Waals surface area contributed by atoms with Crippen molar-refractivity contribution in [2.45, 2.75) is 58.8 Å². The molecule has 1 saturated carbocycles. The van der Waals surface area contributed by atoms with Gasteiger partial charge in [-0.05, 0) is 79.0 Å². The summed E-state index contributed by atoms with van der Waals surface area (Å²) in [6.45, 7) is 4.47. The van der Waals surface area contributed by atoms with Crippen LogP contribution in [0.3, 0.4) is 0 Å². The number of ether oxygens (including phenoxy) is 1. The van der Waals surface area contributed by atoms with Crippen LogP contribution in [0.1, 0.15) is 69.1 Å². The van der Waals surface area contributed by atoms with E-state index in [1.165, 1.54) is 50.7 Å². The predicted molar refractivity (Wildman–Crippen MR) is 119 cm³/mol. The Morgan fingerprint density at radius 3 is 2.20 bits per heavy atom. The molecule has 30 heavy (non-hydrogen) atoms. The van der Waals surface area contributed by atoms with Crippen LogP contribution in [-0.4, -0.2) is 7.11 Å². The lowest BCUT2D eigenvalue weighted by molar-refractivity contribution is 0.206. The van der Waals surface area contributed by atoms with Gasteiger partial charge in [0, 0.05) is 5.56 Å². The quantitative estimate of drug-likeness (QED) is 0.459. The van der Waals surface area contributed by atoms with Gasteiger partial charge in [0.2, 0.25) is 0 Å². The van der Waals surface area contributed by atoms with Gasteiger partial charge >= 0.3 is 0 Å². The second-order valence-electron chi connectivity index (χ2n) is 8.66. The Bertz CT molecular complexity index is 860. The minimum atomic E-state index is -0.579. The predicted octanol–water partition coefficient (Wildman–Crippen LogP) is 7.16. The van der Waals surface area contributed by atoms with Crippen LogP contribution >= 0.6 is 0 Å². The highest BCUT2D eigenvalue weighted by molar-refractivity contribution is 5.46. The first-order valence-electron chi connectivity index (χ1n) is 11.1. The second kappa shape index (κ2) is 10.6. The summed E-state index contributed by atoms with van der Waals surface area (Å²) >= 11 is 0. The molecule has 2 aromatic carbocycles. The molecule has 0 heterocycles. The number of methoxy groups -OCH3 is 1. The minimum Gasteiger partial charge on any atom is -0.497 e. The van der Waals surface area contributed by atoms with Gasteiger partial charge in [0.15, 0.2) is 0 Å². The fourth-order valence-corrected chi connectivity index (χ4v) is 4.66. The van der Waals surface area contributed by atoms with Crippen molar-refractivity contribution in [1.29, 1.82) is 0 Å². The van der Waals surface area contributed by atoms with E-state index in [1.807, 2.05) is 0 Å². The number of benzene rings is 2. The molecule has 1 fully saturated rings. The van der Waals surface area contributed by atoms with Gasteiger partial charge in [-0.2, -0.15) is 0 Å². The van der Waals surface area contributed by atoms with Crippen LogP contribution in [0.15, 0.2) is 36.4 Å². The van der Waals surface area contributed by atoms with Crippen LogP contribution in [-0.2, 0) is 6.42 Å². The van der Waals surface area contributed by atoms with Crippen molar-refractivity contribution in [2.24, 2.45) is 17.8 Å². The first-order valence-corrected chi connectivity index (χ1v) is 11.1. The molecular weight excluding hydrogens is 378 g/mol. The summed E-state index contributed by atoms with van der Waals surface area (Å²) in [4.78, 5) is 0. The average molecular weight is 411 g/mol. The van der Waals surface area contributed by atoms with Gasteiger partial charge in [-0.1, -0.05) is 51.4 Å². The molecule has 1 nitrogen and oxygen atoms in total. The lowest BCUT2D eigenvalue weighted by atomic mass is 9.73. The van der Waals surface area contributed by atoms with E-state index in [4.69, 9.17) is 4.74 Å². The molecule has 2 aromatic rings. The van der Waals surface area contributed by atoms with E-state index < -0.39 is 11.6 Å². The topological polar surface area (TPSA) is 9.23 Å². The smallest absolute Gasteiger partial charge is 0.142 e. The normalized spacial score (nSPS) is 19.6. The van der Waals surface area contributed by atoms with E-state index in [0.29, 0.717) is 23.8 Å². The Hall–Kier alpha value is -2.34. The van der Waals surface area contributed by atoms with E-state index >= 15 is 0 Å². The molecule has 0 saturated heterocycles. The first kappa shape index (κ1) is 22.3. The van der Waals surface area contributed by atoms with Crippen LogP contribution < -0.4 is 4.74 Å². The first-order chi connectivity index (χ1) is 14.5. The van der Waals surface area contributed by atoms with Gasteiger partial charge in [-0.25, -0.2) is 8.78 Å². The van der Waals surface area contributed by atoms with Crippen molar-refractivity contribution < 1.29 is 13.5 Å². The van der Waals surface area contributed by atoms with Gasteiger partial charge in [0.1, 0.15) is 17.4 Å². The van der Waals surface area contributed by atoms with Crippen molar-refractivity contribution in [2.75, 3.05) is 7.11 Å². The third-order valence-corrected chi connectivity index (χ3v) is 6.47. The molecule has 1 atom stereocenters. The molecule has 3 rings (SSSR count). The van der Waals surface area contributed by atoms with Crippen LogP contribution in [0.25, 0.3) is 0 Å². The van der Waals surface area contributed by atoms with Gasteiger partial charge in [-0.15, -0.1) is 0 Å². The Kier molecular flexibility index (Phi) is 7.91. The van der Waals surface area contributed by atoms with E-state index in [9.17, 15) is 8.78 Å². The van der Waals surface area contributed by atoms with Gasteiger partial charge in [0.25, 0.3) is 0 Å². The fourth-order valence-electron chi connectivity index (χ4n) is 4.66. The summed E-state index contributed by atoms with van der Waals surface area (Å²) in [6.07, 6.45) is 8.37. The molecule has 1 unspecified atom stereocenters. The van der Waals surface area contributed by atoms with Crippen molar-refractivity contribution in [3.63, 3.8) is 0 Å². The van der Waals surface area contributed by atoms with Crippen LogP contribution in [0.2, 0.25) is 0 Å². The van der Waals surface area contributed by atoms with Crippen molar-refractivity contribution >= 4 is 0 Å². The Morgan fingerprint density at radius 1 is 1.00 bits per heavy atom. The molecule has 0 radical (unpaired) electrons. The fraction of sp³-hybridized carbons (Fsp3) is 0.481. The van der Waals surface area contributed by atoms with Crippen LogP contribution in [0, 0.1) is 41.2 Å². The zero-order valence-electron chi connectivity index (χ0n) is 18.3. The molecule has 0 amide bonds. The molecule has 3 heteroatoms. The maximum Gasteiger partial charge on any atom is 0.142 e. The molecule has 0 aromatic heterocycles. The SMILES string of the molecule is CCCC1CCC(C(C)Cc2cc(F)c(C#Cc3ccc(OC)cc3)c(F)c2)CC1. The maximum atomic E-state index is 14.6. The highest BCUT2D eigenvalue weighted by Gasteiger charge is 2.25. The Morgan fingerprint density at radius 2 is 1.63 bits per heavy atom.